The molecule has 1 aliphatic rings. The van der Waals surface area contributed by atoms with Crippen molar-refractivity contribution in [1.82, 2.24) is 15.2 Å². The second kappa shape index (κ2) is 8.26. The van der Waals surface area contributed by atoms with E-state index >= 15 is 0 Å². The fraction of sp³-hybridized carbons (Fsp3) is 0.211. The molecule has 0 radical (unpaired) electrons. The Labute approximate surface area is 183 Å². The molecule has 0 saturated heterocycles. The summed E-state index contributed by atoms with van der Waals surface area (Å²) in [6.45, 7) is 2.05. The van der Waals surface area contributed by atoms with Gasteiger partial charge in [0, 0.05) is 15.7 Å². The number of ether oxygens (including phenoxy) is 2. The molecule has 3 aromatic rings. The number of hydrogen-bond donors (Lipinski definition) is 1. The van der Waals surface area contributed by atoms with E-state index in [4.69, 9.17) is 9.47 Å². The minimum Gasteiger partial charge on any atom is -0.495 e. The summed E-state index contributed by atoms with van der Waals surface area (Å²) in [5.41, 5.74) is 3.21. The minimum absolute atomic E-state index is 0.437. The van der Waals surface area contributed by atoms with Gasteiger partial charge in [-0.05, 0) is 39.9 Å². The first kappa shape index (κ1) is 19.5. The average molecular weight is 524 g/mol. The van der Waals surface area contributed by atoms with E-state index in [2.05, 4.69) is 52.4 Å². The number of para-hydroxylation sites is 1. The van der Waals surface area contributed by atoms with Gasteiger partial charge in [0.15, 0.2) is 5.69 Å². The number of rotatable bonds is 4. The number of nitrogens with zero attached hydrogens (tertiary/aromatic N) is 3. The van der Waals surface area contributed by atoms with Crippen LogP contribution in [-0.2, 0) is 0 Å². The zero-order valence-corrected chi connectivity index (χ0v) is 19.1. The highest BCUT2D eigenvalue weighted by Crippen LogP contribution is 2.43. The second-order valence-electron chi connectivity index (χ2n) is 5.88. The third-order valence-electron chi connectivity index (χ3n) is 4.13. The topological polar surface area (TPSA) is 69.2 Å². The van der Waals surface area contributed by atoms with Crippen LogP contribution in [-0.4, -0.2) is 28.0 Å². The number of methoxy groups -OCH3 is 1. The maximum Gasteiger partial charge on any atom is 0.247 e. The molecule has 28 heavy (non-hydrogen) atoms. The molecule has 0 aliphatic carbocycles. The molecule has 1 N–H and O–H groups in total. The predicted octanol–water partition coefficient (Wildman–Crippen LogP) is 5.69. The van der Waals surface area contributed by atoms with Gasteiger partial charge in [0.05, 0.1) is 17.1 Å². The Balaban J connectivity index is 1.88. The average Bonchev–Trinajstić information content (AvgIpc) is 2.84. The molecule has 4 rings (SSSR count). The number of nitrogens with one attached hydrogen (secondary N) is 1. The Morgan fingerprint density at radius 2 is 2.04 bits per heavy atom. The Bertz CT molecular complexity index is 1030. The van der Waals surface area contributed by atoms with Crippen LogP contribution in [0.1, 0.15) is 18.7 Å². The lowest BCUT2D eigenvalue weighted by atomic mass is 10.1. The Morgan fingerprint density at radius 1 is 1.21 bits per heavy atom. The fourth-order valence-corrected chi connectivity index (χ4v) is 4.89. The van der Waals surface area contributed by atoms with Gasteiger partial charge in [0.25, 0.3) is 0 Å². The van der Waals surface area contributed by atoms with Gasteiger partial charge in [-0.25, -0.2) is 0 Å². The van der Waals surface area contributed by atoms with Gasteiger partial charge < -0.3 is 14.8 Å². The van der Waals surface area contributed by atoms with Crippen molar-refractivity contribution in [3.63, 3.8) is 0 Å². The molecule has 1 aromatic heterocycles. The van der Waals surface area contributed by atoms with Crippen molar-refractivity contribution in [2.45, 2.75) is 18.3 Å². The summed E-state index contributed by atoms with van der Waals surface area (Å²) in [4.78, 5) is 4.60. The van der Waals surface area contributed by atoms with Crippen LogP contribution in [0.3, 0.4) is 0 Å². The van der Waals surface area contributed by atoms with Crippen LogP contribution in [0.15, 0.2) is 50.5 Å². The van der Waals surface area contributed by atoms with Gasteiger partial charge in [-0.1, -0.05) is 52.8 Å². The number of fused-ring (bicyclic) bond motifs is 3. The van der Waals surface area contributed by atoms with Crippen molar-refractivity contribution >= 4 is 49.3 Å². The standard InChI is InChI=1S/C19H16Br2N4O2S/c1-3-28-19-23-18-15(24-25-19)11-6-4-5-7-14(11)22-17(27-18)12-8-10(20)9-13(21)16(12)26-2/h4-9,17,22H,3H2,1-2H3/t17-/m0/s1. The largest absolute Gasteiger partial charge is 0.495 e. The van der Waals surface area contributed by atoms with Crippen molar-refractivity contribution in [3.05, 3.63) is 50.9 Å². The fourth-order valence-electron chi connectivity index (χ4n) is 2.97. The first-order chi connectivity index (χ1) is 13.6. The lowest BCUT2D eigenvalue weighted by Crippen LogP contribution is -2.18. The molecular weight excluding hydrogens is 508 g/mol. The zero-order chi connectivity index (χ0) is 19.7. The Kier molecular flexibility index (Phi) is 5.75. The molecule has 9 heteroatoms. The van der Waals surface area contributed by atoms with Crippen molar-refractivity contribution in [3.8, 4) is 22.9 Å². The summed E-state index contributed by atoms with van der Waals surface area (Å²) in [5, 5.41) is 12.7. The Morgan fingerprint density at radius 3 is 2.82 bits per heavy atom. The highest BCUT2D eigenvalue weighted by Gasteiger charge is 2.28. The maximum atomic E-state index is 6.31. The molecule has 0 amide bonds. The first-order valence-corrected chi connectivity index (χ1v) is 11.1. The quantitative estimate of drug-likeness (QED) is 0.440. The van der Waals surface area contributed by atoms with Crippen molar-refractivity contribution in [1.29, 1.82) is 0 Å². The lowest BCUT2D eigenvalue weighted by molar-refractivity contribution is 0.219. The van der Waals surface area contributed by atoms with E-state index in [-0.39, 0.29) is 0 Å². The van der Waals surface area contributed by atoms with Crippen LogP contribution in [0, 0.1) is 0 Å². The van der Waals surface area contributed by atoms with Gasteiger partial charge in [0.2, 0.25) is 17.3 Å². The summed E-state index contributed by atoms with van der Waals surface area (Å²) in [6, 6.07) is 11.8. The van der Waals surface area contributed by atoms with E-state index in [1.807, 2.05) is 43.3 Å². The van der Waals surface area contributed by atoms with Gasteiger partial charge in [-0.15, -0.1) is 10.2 Å². The molecule has 0 unspecified atom stereocenters. The monoisotopic (exact) mass is 522 g/mol. The third kappa shape index (κ3) is 3.70. The lowest BCUT2D eigenvalue weighted by Gasteiger charge is -2.22. The van der Waals surface area contributed by atoms with Crippen LogP contribution in [0.5, 0.6) is 11.6 Å². The summed E-state index contributed by atoms with van der Waals surface area (Å²) < 4.78 is 13.7. The number of thioether (sulfide) groups is 1. The Hall–Kier alpha value is -1.84. The summed E-state index contributed by atoms with van der Waals surface area (Å²) >= 11 is 8.63. The number of aromatic nitrogens is 3. The molecule has 1 atom stereocenters. The minimum atomic E-state index is -0.526. The van der Waals surface area contributed by atoms with E-state index in [0.29, 0.717) is 22.5 Å². The van der Waals surface area contributed by atoms with Crippen LogP contribution in [0.4, 0.5) is 5.69 Å². The van der Waals surface area contributed by atoms with Gasteiger partial charge >= 0.3 is 0 Å². The van der Waals surface area contributed by atoms with Crippen molar-refractivity contribution < 1.29 is 9.47 Å². The molecule has 2 heterocycles. The molecule has 0 bridgehead atoms. The summed E-state index contributed by atoms with van der Waals surface area (Å²) in [7, 11) is 1.63. The molecule has 144 valence electrons. The molecule has 1 aliphatic heterocycles. The third-order valence-corrected chi connectivity index (χ3v) is 5.90. The van der Waals surface area contributed by atoms with E-state index in [0.717, 1.165) is 31.5 Å². The number of anilines is 1. The van der Waals surface area contributed by atoms with Crippen LogP contribution < -0.4 is 14.8 Å². The van der Waals surface area contributed by atoms with E-state index < -0.39 is 6.23 Å². The molecule has 2 aromatic carbocycles. The van der Waals surface area contributed by atoms with Crippen LogP contribution >= 0.6 is 43.6 Å². The van der Waals surface area contributed by atoms with Gasteiger partial charge in [-0.2, -0.15) is 4.98 Å². The number of benzene rings is 2. The summed E-state index contributed by atoms with van der Waals surface area (Å²) in [5.74, 6) is 1.98. The smallest absolute Gasteiger partial charge is 0.247 e. The predicted molar refractivity (Wildman–Crippen MR) is 117 cm³/mol. The van der Waals surface area contributed by atoms with Crippen molar-refractivity contribution in [2.24, 2.45) is 0 Å². The number of hydrogen-bond acceptors (Lipinski definition) is 7. The van der Waals surface area contributed by atoms with E-state index in [1.165, 1.54) is 11.8 Å². The first-order valence-electron chi connectivity index (χ1n) is 8.53. The molecule has 0 fully saturated rings. The molecule has 0 spiro atoms. The van der Waals surface area contributed by atoms with Crippen LogP contribution in [0.2, 0.25) is 0 Å². The highest BCUT2D eigenvalue weighted by atomic mass is 79.9. The molecule has 6 nitrogen and oxygen atoms in total. The maximum absolute atomic E-state index is 6.31. The van der Waals surface area contributed by atoms with Gasteiger partial charge in [0.1, 0.15) is 5.75 Å². The van der Waals surface area contributed by atoms with Crippen molar-refractivity contribution in [2.75, 3.05) is 18.2 Å². The second-order valence-corrected chi connectivity index (χ2v) is 8.88. The van der Waals surface area contributed by atoms with Gasteiger partial charge in [-0.3, -0.25) is 0 Å². The highest BCUT2D eigenvalue weighted by molar-refractivity contribution is 9.11. The van der Waals surface area contributed by atoms with Crippen LogP contribution in [0.25, 0.3) is 11.3 Å². The normalized spacial score (nSPS) is 14.9. The summed E-state index contributed by atoms with van der Waals surface area (Å²) in [6.07, 6.45) is -0.526. The zero-order valence-electron chi connectivity index (χ0n) is 15.1. The molecular formula is C19H16Br2N4O2S. The van der Waals surface area contributed by atoms with E-state index in [1.54, 1.807) is 7.11 Å². The van der Waals surface area contributed by atoms with E-state index in [9.17, 15) is 0 Å². The number of halogens is 2. The SMILES string of the molecule is CCSc1nnc2c(n1)O[C@@H](c1cc(Br)cc(Br)c1OC)Nc1ccccc1-2. The molecule has 0 saturated carbocycles.